The zero-order valence-electron chi connectivity index (χ0n) is 10.8. The SMILES string of the molecule is Brc1cc2c(cc1C(Br)c1ccccc1)OCCCO2. The fraction of sp³-hybridized carbons (Fsp3) is 0.250. The van der Waals surface area contributed by atoms with Crippen LogP contribution in [0.4, 0.5) is 0 Å². The molecule has 1 unspecified atom stereocenters. The first-order valence-corrected chi connectivity index (χ1v) is 8.24. The molecule has 0 aliphatic carbocycles. The largest absolute Gasteiger partial charge is 0.490 e. The first-order valence-electron chi connectivity index (χ1n) is 6.54. The lowest BCUT2D eigenvalue weighted by molar-refractivity contribution is 0.297. The predicted octanol–water partition coefficient (Wildman–Crippen LogP) is 5.09. The molecule has 1 aliphatic heterocycles. The highest BCUT2D eigenvalue weighted by molar-refractivity contribution is 9.11. The van der Waals surface area contributed by atoms with E-state index in [1.807, 2.05) is 24.3 Å². The first-order chi connectivity index (χ1) is 9.75. The molecule has 0 bridgehead atoms. The van der Waals surface area contributed by atoms with Gasteiger partial charge in [0.25, 0.3) is 0 Å². The molecule has 2 nitrogen and oxygen atoms in total. The highest BCUT2D eigenvalue weighted by atomic mass is 79.9. The van der Waals surface area contributed by atoms with Crippen molar-refractivity contribution < 1.29 is 9.47 Å². The third-order valence-corrected chi connectivity index (χ3v) is 4.94. The van der Waals surface area contributed by atoms with Gasteiger partial charge < -0.3 is 9.47 Å². The van der Waals surface area contributed by atoms with Crippen molar-refractivity contribution >= 4 is 31.9 Å². The van der Waals surface area contributed by atoms with Crippen molar-refractivity contribution in [3.05, 3.63) is 58.1 Å². The molecule has 0 radical (unpaired) electrons. The highest BCUT2D eigenvalue weighted by Gasteiger charge is 2.19. The molecule has 0 spiro atoms. The summed E-state index contributed by atoms with van der Waals surface area (Å²) < 4.78 is 12.5. The van der Waals surface area contributed by atoms with Gasteiger partial charge in [-0.2, -0.15) is 0 Å². The minimum absolute atomic E-state index is 0.121. The Morgan fingerprint density at radius 1 is 0.950 bits per heavy atom. The first kappa shape index (κ1) is 14.0. The molecular weight excluding hydrogens is 384 g/mol. The van der Waals surface area contributed by atoms with Crippen molar-refractivity contribution in [3.63, 3.8) is 0 Å². The van der Waals surface area contributed by atoms with Gasteiger partial charge >= 0.3 is 0 Å². The molecule has 1 atom stereocenters. The minimum Gasteiger partial charge on any atom is -0.490 e. The second-order valence-electron chi connectivity index (χ2n) is 4.64. The maximum atomic E-state index is 5.76. The highest BCUT2D eigenvalue weighted by Crippen LogP contribution is 2.42. The van der Waals surface area contributed by atoms with Crippen LogP contribution in [0.1, 0.15) is 22.4 Å². The quantitative estimate of drug-likeness (QED) is 0.656. The van der Waals surface area contributed by atoms with Crippen LogP contribution in [0.15, 0.2) is 46.9 Å². The number of hydrogen-bond donors (Lipinski definition) is 0. The van der Waals surface area contributed by atoms with E-state index in [0.29, 0.717) is 13.2 Å². The van der Waals surface area contributed by atoms with Gasteiger partial charge in [0.2, 0.25) is 0 Å². The van der Waals surface area contributed by atoms with Gasteiger partial charge in [-0.15, -0.1) is 0 Å². The van der Waals surface area contributed by atoms with Crippen LogP contribution in [0.25, 0.3) is 0 Å². The van der Waals surface area contributed by atoms with E-state index < -0.39 is 0 Å². The molecule has 4 heteroatoms. The summed E-state index contributed by atoms with van der Waals surface area (Å²) in [6.45, 7) is 1.40. The standard InChI is InChI=1S/C16H14Br2O2/c17-13-10-15-14(19-7-4-8-20-15)9-12(13)16(18)11-5-2-1-3-6-11/h1-3,5-6,9-10,16H,4,7-8H2. The topological polar surface area (TPSA) is 18.5 Å². The van der Waals surface area contributed by atoms with E-state index in [9.17, 15) is 0 Å². The molecule has 0 aromatic heterocycles. The third kappa shape index (κ3) is 2.86. The Kier molecular flexibility index (Phi) is 4.32. The molecule has 1 aliphatic rings. The zero-order valence-corrected chi connectivity index (χ0v) is 14.0. The summed E-state index contributed by atoms with van der Waals surface area (Å²) in [5.74, 6) is 1.63. The number of alkyl halides is 1. The lowest BCUT2D eigenvalue weighted by atomic mass is 10.0. The van der Waals surface area contributed by atoms with Crippen molar-refractivity contribution in [1.29, 1.82) is 0 Å². The van der Waals surface area contributed by atoms with Gasteiger partial charge in [-0.25, -0.2) is 0 Å². The second kappa shape index (κ2) is 6.19. The van der Waals surface area contributed by atoms with Crippen LogP contribution in [-0.2, 0) is 0 Å². The Labute approximate surface area is 135 Å². The predicted molar refractivity (Wildman–Crippen MR) is 87.0 cm³/mol. The normalized spacial score (nSPS) is 15.5. The Morgan fingerprint density at radius 3 is 2.30 bits per heavy atom. The molecule has 2 aromatic carbocycles. The summed E-state index contributed by atoms with van der Waals surface area (Å²) in [4.78, 5) is 0.121. The van der Waals surface area contributed by atoms with E-state index in [0.717, 1.165) is 28.0 Å². The van der Waals surface area contributed by atoms with Crippen molar-refractivity contribution in [2.75, 3.05) is 13.2 Å². The van der Waals surface area contributed by atoms with Gasteiger partial charge in [0.1, 0.15) is 0 Å². The fourth-order valence-corrected chi connectivity index (χ4v) is 3.74. The van der Waals surface area contributed by atoms with Crippen molar-refractivity contribution in [2.45, 2.75) is 11.2 Å². The van der Waals surface area contributed by atoms with Crippen LogP contribution < -0.4 is 9.47 Å². The third-order valence-electron chi connectivity index (χ3n) is 3.23. The second-order valence-corrected chi connectivity index (χ2v) is 6.41. The molecule has 0 amide bonds. The van der Waals surface area contributed by atoms with Crippen LogP contribution in [0.5, 0.6) is 11.5 Å². The molecule has 0 fully saturated rings. The Balaban J connectivity index is 1.99. The number of halogens is 2. The molecule has 20 heavy (non-hydrogen) atoms. The summed E-state index contributed by atoms with van der Waals surface area (Å²) in [6.07, 6.45) is 0.915. The van der Waals surface area contributed by atoms with Crippen LogP contribution >= 0.6 is 31.9 Å². The Hall–Kier alpha value is -1.00. The smallest absolute Gasteiger partial charge is 0.162 e. The summed E-state index contributed by atoms with van der Waals surface area (Å²) in [5.41, 5.74) is 2.35. The molecule has 1 heterocycles. The average Bonchev–Trinajstić information content (AvgIpc) is 2.71. The van der Waals surface area contributed by atoms with Gasteiger partial charge in [-0.05, 0) is 23.3 Å². The van der Waals surface area contributed by atoms with Crippen LogP contribution in [0, 0.1) is 0 Å². The van der Waals surface area contributed by atoms with Gasteiger partial charge in [0, 0.05) is 10.9 Å². The van der Waals surface area contributed by atoms with Gasteiger partial charge in [0.05, 0.1) is 18.0 Å². The summed E-state index contributed by atoms with van der Waals surface area (Å²) in [5, 5.41) is 0. The summed E-state index contributed by atoms with van der Waals surface area (Å²) in [7, 11) is 0. The number of ether oxygens (including phenoxy) is 2. The molecule has 104 valence electrons. The number of benzene rings is 2. The number of rotatable bonds is 2. The van der Waals surface area contributed by atoms with E-state index >= 15 is 0 Å². The monoisotopic (exact) mass is 396 g/mol. The van der Waals surface area contributed by atoms with E-state index in [-0.39, 0.29) is 4.83 Å². The van der Waals surface area contributed by atoms with Crippen molar-refractivity contribution in [3.8, 4) is 11.5 Å². The van der Waals surface area contributed by atoms with Crippen LogP contribution in [0.2, 0.25) is 0 Å². The lowest BCUT2D eigenvalue weighted by Gasteiger charge is -2.16. The minimum atomic E-state index is 0.121. The molecule has 0 saturated carbocycles. The number of hydrogen-bond acceptors (Lipinski definition) is 2. The molecule has 2 aromatic rings. The lowest BCUT2D eigenvalue weighted by Crippen LogP contribution is -1.98. The van der Waals surface area contributed by atoms with E-state index in [4.69, 9.17) is 9.47 Å². The van der Waals surface area contributed by atoms with Crippen LogP contribution in [-0.4, -0.2) is 13.2 Å². The summed E-state index contributed by atoms with van der Waals surface area (Å²) >= 11 is 7.40. The van der Waals surface area contributed by atoms with Gasteiger partial charge in [0.15, 0.2) is 11.5 Å². The van der Waals surface area contributed by atoms with E-state index in [2.05, 4.69) is 50.1 Å². The molecule has 3 rings (SSSR count). The average molecular weight is 398 g/mol. The van der Waals surface area contributed by atoms with Gasteiger partial charge in [-0.1, -0.05) is 62.2 Å². The molecular formula is C16H14Br2O2. The van der Waals surface area contributed by atoms with Crippen LogP contribution in [0.3, 0.4) is 0 Å². The number of fused-ring (bicyclic) bond motifs is 1. The van der Waals surface area contributed by atoms with E-state index in [1.54, 1.807) is 0 Å². The molecule has 0 saturated heterocycles. The molecule has 0 N–H and O–H groups in total. The fourth-order valence-electron chi connectivity index (χ4n) is 2.20. The Bertz CT molecular complexity index is 599. The Morgan fingerprint density at radius 2 is 1.60 bits per heavy atom. The van der Waals surface area contributed by atoms with Crippen molar-refractivity contribution in [2.24, 2.45) is 0 Å². The van der Waals surface area contributed by atoms with E-state index in [1.165, 1.54) is 5.56 Å². The van der Waals surface area contributed by atoms with Crippen molar-refractivity contribution in [1.82, 2.24) is 0 Å². The maximum Gasteiger partial charge on any atom is 0.162 e. The van der Waals surface area contributed by atoms with Gasteiger partial charge in [-0.3, -0.25) is 0 Å². The maximum absolute atomic E-state index is 5.76. The zero-order chi connectivity index (χ0) is 13.9. The summed E-state index contributed by atoms with van der Waals surface area (Å²) in [6, 6.07) is 14.4.